The van der Waals surface area contributed by atoms with E-state index in [0.29, 0.717) is 5.56 Å². The van der Waals surface area contributed by atoms with Crippen LogP contribution < -0.4 is 26.2 Å². The first-order valence-electron chi connectivity index (χ1n) is 31.2. The molecule has 0 radical (unpaired) electrons. The standard InChI is InChI=1S/C85H54BN5/c87-55-56-43-45-57(46-44-56)62-51-81-83-82(52-62)91(85-67(60-27-9-3-10-28-60)37-22-38-68(85)61-29-11-4-12-30-61)80-54-64(89-77-41-19-15-33-71(77)72-34-16-20-42-78(72)89)48-50-74(80)86(83)73-49-47-63(88-75-39-17-13-31-69(75)70-32-14-18-40-76(70)88)53-79(73)90(81)84-65(58-23-5-1-6-24-58)35-21-36-66(84)59-25-7-2-8-26-59/h1-54H. The van der Waals surface area contributed by atoms with Gasteiger partial charge in [0.05, 0.1) is 45.1 Å². The molecule has 0 bridgehead atoms. The number of hydrogen-bond donors (Lipinski definition) is 0. The highest BCUT2D eigenvalue weighted by molar-refractivity contribution is 7.00. The highest BCUT2D eigenvalue weighted by atomic mass is 15.2. The van der Waals surface area contributed by atoms with E-state index in [1.54, 1.807) is 0 Å². The predicted octanol–water partition coefficient (Wildman–Crippen LogP) is 20.2. The van der Waals surface area contributed by atoms with Gasteiger partial charge in [0.15, 0.2) is 0 Å². The van der Waals surface area contributed by atoms with Gasteiger partial charge in [0.25, 0.3) is 6.71 Å². The third-order valence-electron chi connectivity index (χ3n) is 18.9. The molecule has 0 atom stereocenters. The summed E-state index contributed by atoms with van der Waals surface area (Å²) in [6.45, 7) is -0.259. The van der Waals surface area contributed by atoms with Crippen LogP contribution in [0.3, 0.4) is 0 Å². The quantitative estimate of drug-likeness (QED) is 0.135. The second-order valence-corrected chi connectivity index (χ2v) is 23.8. The van der Waals surface area contributed by atoms with Crippen molar-refractivity contribution in [3.63, 3.8) is 0 Å². The molecule has 16 aromatic rings. The first-order chi connectivity index (χ1) is 45.1. The van der Waals surface area contributed by atoms with E-state index in [1.165, 1.54) is 37.9 Å². The van der Waals surface area contributed by atoms with E-state index in [-0.39, 0.29) is 6.71 Å². The Bertz CT molecular complexity index is 5070. The molecule has 14 aromatic carbocycles. The second-order valence-electron chi connectivity index (χ2n) is 23.8. The lowest BCUT2D eigenvalue weighted by Crippen LogP contribution is -2.61. The monoisotopic (exact) mass is 1160 g/mol. The fourth-order valence-electron chi connectivity index (χ4n) is 15.0. The normalized spacial score (nSPS) is 12.3. The molecule has 91 heavy (non-hydrogen) atoms. The maximum Gasteiger partial charge on any atom is 0.252 e. The molecule has 0 N–H and O–H groups in total. The molecule has 0 saturated heterocycles. The fraction of sp³-hybridized carbons (Fsp3) is 0. The molecule has 0 unspecified atom stereocenters. The summed E-state index contributed by atoms with van der Waals surface area (Å²) in [6.07, 6.45) is 0. The van der Waals surface area contributed by atoms with Gasteiger partial charge in [-0.05, 0) is 123 Å². The molecule has 6 heteroatoms. The summed E-state index contributed by atoms with van der Waals surface area (Å²) in [5.74, 6) is 0. The van der Waals surface area contributed by atoms with Gasteiger partial charge in [-0.2, -0.15) is 5.26 Å². The molecule has 2 aromatic heterocycles. The van der Waals surface area contributed by atoms with Gasteiger partial charge in [-0.25, -0.2) is 0 Å². The maximum absolute atomic E-state index is 10.3. The van der Waals surface area contributed by atoms with Crippen LogP contribution in [0, 0.1) is 11.3 Å². The van der Waals surface area contributed by atoms with Gasteiger partial charge in [-0.15, -0.1) is 0 Å². The van der Waals surface area contributed by atoms with E-state index >= 15 is 0 Å². The van der Waals surface area contributed by atoms with Gasteiger partial charge in [-0.3, -0.25) is 0 Å². The average molecular weight is 1160 g/mol. The fourth-order valence-corrected chi connectivity index (χ4v) is 15.0. The molecule has 422 valence electrons. The SMILES string of the molecule is N#Cc1ccc(-c2cc3c4c(c2)N(c2c(-c5ccccc5)cccc2-c2ccccc2)c2cc(-n5c6ccccc6c6ccccc65)ccc2B4c2ccc(-n4c5ccccc5c5ccccc54)cc2N3c2c(-c3ccccc3)cccc2-c2ccccc2)cc1. The van der Waals surface area contributed by atoms with Crippen LogP contribution in [0.15, 0.2) is 328 Å². The Morgan fingerprint density at radius 1 is 0.264 bits per heavy atom. The van der Waals surface area contributed by atoms with Crippen LogP contribution in [0.4, 0.5) is 34.1 Å². The largest absolute Gasteiger partial charge is 0.310 e. The Kier molecular flexibility index (Phi) is 12.0. The smallest absolute Gasteiger partial charge is 0.252 e. The first-order valence-corrected chi connectivity index (χ1v) is 31.2. The molecular formula is C85H54BN5. The number of rotatable bonds is 9. The van der Waals surface area contributed by atoms with Crippen LogP contribution in [-0.4, -0.2) is 15.8 Å². The van der Waals surface area contributed by atoms with Crippen LogP contribution in [0.1, 0.15) is 5.56 Å². The van der Waals surface area contributed by atoms with Crippen molar-refractivity contribution in [3.05, 3.63) is 333 Å². The van der Waals surface area contributed by atoms with E-state index in [2.05, 4.69) is 340 Å². The van der Waals surface area contributed by atoms with Crippen molar-refractivity contribution in [2.75, 3.05) is 9.80 Å². The summed E-state index contributed by atoms with van der Waals surface area (Å²) in [5.41, 5.74) is 28.3. The van der Waals surface area contributed by atoms with Gasteiger partial charge < -0.3 is 18.9 Å². The summed E-state index contributed by atoms with van der Waals surface area (Å²) in [7, 11) is 0. The lowest BCUT2D eigenvalue weighted by atomic mass is 9.33. The Hall–Kier alpha value is -12.2. The number of fused-ring (bicyclic) bond motifs is 10. The van der Waals surface area contributed by atoms with Crippen molar-refractivity contribution in [1.82, 2.24) is 9.13 Å². The number of benzene rings is 14. The van der Waals surface area contributed by atoms with Crippen LogP contribution in [0.5, 0.6) is 0 Å². The molecule has 0 saturated carbocycles. The minimum atomic E-state index is -0.259. The summed E-state index contributed by atoms with van der Waals surface area (Å²) < 4.78 is 4.91. The Labute approximate surface area is 528 Å². The van der Waals surface area contributed by atoms with Crippen LogP contribution in [-0.2, 0) is 0 Å². The van der Waals surface area contributed by atoms with Crippen LogP contribution >= 0.6 is 0 Å². The van der Waals surface area contributed by atoms with Crippen molar-refractivity contribution < 1.29 is 0 Å². The molecule has 2 aliphatic heterocycles. The van der Waals surface area contributed by atoms with E-state index in [1.807, 2.05) is 12.1 Å². The highest BCUT2D eigenvalue weighted by Crippen LogP contribution is 2.54. The molecule has 0 aliphatic carbocycles. The third-order valence-corrected chi connectivity index (χ3v) is 18.9. The zero-order valence-corrected chi connectivity index (χ0v) is 49.5. The predicted molar refractivity (Wildman–Crippen MR) is 381 cm³/mol. The molecule has 0 amide bonds. The van der Waals surface area contributed by atoms with E-state index in [0.717, 1.165) is 123 Å². The minimum absolute atomic E-state index is 0.259. The molecule has 18 rings (SSSR count). The molecule has 0 spiro atoms. The number of hydrogen-bond acceptors (Lipinski definition) is 3. The van der Waals surface area contributed by atoms with Gasteiger partial charge in [0, 0.05) is 77.9 Å². The molecule has 5 nitrogen and oxygen atoms in total. The van der Waals surface area contributed by atoms with Gasteiger partial charge in [0.2, 0.25) is 0 Å². The van der Waals surface area contributed by atoms with E-state index in [4.69, 9.17) is 0 Å². The maximum atomic E-state index is 10.3. The van der Waals surface area contributed by atoms with Crippen LogP contribution in [0.2, 0.25) is 0 Å². The number of nitriles is 1. The Morgan fingerprint density at radius 2 is 0.593 bits per heavy atom. The minimum Gasteiger partial charge on any atom is -0.310 e. The van der Waals surface area contributed by atoms with Gasteiger partial charge >= 0.3 is 0 Å². The number of anilines is 6. The summed E-state index contributed by atoms with van der Waals surface area (Å²) >= 11 is 0. The number of para-hydroxylation sites is 6. The van der Waals surface area contributed by atoms with Crippen molar-refractivity contribution in [3.8, 4) is 73.1 Å². The summed E-state index contributed by atoms with van der Waals surface area (Å²) in [4.78, 5) is 5.24. The molecule has 4 heterocycles. The third kappa shape index (κ3) is 8.19. The van der Waals surface area contributed by atoms with Crippen molar-refractivity contribution >= 4 is 101 Å². The highest BCUT2D eigenvalue weighted by Gasteiger charge is 2.46. The first kappa shape index (κ1) is 52.0. The summed E-state index contributed by atoms with van der Waals surface area (Å²) in [6, 6.07) is 123. The number of aromatic nitrogens is 2. The topological polar surface area (TPSA) is 40.1 Å². The van der Waals surface area contributed by atoms with Crippen molar-refractivity contribution in [2.45, 2.75) is 0 Å². The molecule has 0 fully saturated rings. The lowest BCUT2D eigenvalue weighted by Gasteiger charge is -2.46. The zero-order chi connectivity index (χ0) is 60.1. The second kappa shape index (κ2) is 21.0. The Morgan fingerprint density at radius 3 is 0.934 bits per heavy atom. The average Bonchev–Trinajstić information content (AvgIpc) is 1.12. The zero-order valence-electron chi connectivity index (χ0n) is 49.5. The van der Waals surface area contributed by atoms with Crippen LogP contribution in [0.25, 0.3) is 111 Å². The lowest BCUT2D eigenvalue weighted by molar-refractivity contribution is 1.17. The molecule has 2 aliphatic rings. The van der Waals surface area contributed by atoms with Crippen molar-refractivity contribution in [1.29, 1.82) is 5.26 Å². The van der Waals surface area contributed by atoms with Crippen molar-refractivity contribution in [2.24, 2.45) is 0 Å². The van der Waals surface area contributed by atoms with E-state index in [9.17, 15) is 5.26 Å². The van der Waals surface area contributed by atoms with Gasteiger partial charge in [-0.1, -0.05) is 255 Å². The van der Waals surface area contributed by atoms with E-state index < -0.39 is 0 Å². The molecular weight excluding hydrogens is 1100 g/mol. The van der Waals surface area contributed by atoms with Gasteiger partial charge in [0.1, 0.15) is 0 Å². The Balaban J connectivity index is 1.03. The summed E-state index contributed by atoms with van der Waals surface area (Å²) in [5, 5.41) is 15.2. The number of nitrogens with zero attached hydrogens (tertiary/aromatic N) is 5.